The van der Waals surface area contributed by atoms with Gasteiger partial charge in [-0.25, -0.2) is 0 Å². The van der Waals surface area contributed by atoms with Gasteiger partial charge in [-0.2, -0.15) is 0 Å². The van der Waals surface area contributed by atoms with Gasteiger partial charge in [-0.15, -0.1) is 0 Å². The second-order valence-corrected chi connectivity index (χ2v) is 3.86. The fourth-order valence-corrected chi connectivity index (χ4v) is 1.74. The van der Waals surface area contributed by atoms with Gasteiger partial charge < -0.3 is 10.2 Å². The summed E-state index contributed by atoms with van der Waals surface area (Å²) in [5.74, 6) is 0.169. The lowest BCUT2D eigenvalue weighted by Crippen LogP contribution is -2.47. The third kappa shape index (κ3) is 2.53. The van der Waals surface area contributed by atoms with Crippen LogP contribution in [0.1, 0.15) is 11.1 Å². The van der Waals surface area contributed by atoms with Crippen molar-refractivity contribution in [3.8, 4) is 0 Å². The van der Waals surface area contributed by atoms with Gasteiger partial charge in [0.25, 0.3) is 0 Å². The topological polar surface area (TPSA) is 45.2 Å². The highest BCUT2D eigenvalue weighted by Gasteiger charge is 2.17. The predicted molar refractivity (Wildman–Crippen MR) is 57.3 cm³/mol. The fourth-order valence-electron chi connectivity index (χ4n) is 1.74. The van der Waals surface area contributed by atoms with E-state index >= 15 is 0 Å². The lowest BCUT2D eigenvalue weighted by molar-refractivity contribution is -0.132. The summed E-state index contributed by atoms with van der Waals surface area (Å²) < 4.78 is 0. The van der Waals surface area contributed by atoms with E-state index in [1.807, 2.05) is 24.2 Å². The van der Waals surface area contributed by atoms with Crippen molar-refractivity contribution >= 4 is 5.91 Å². The zero-order valence-electron chi connectivity index (χ0n) is 8.86. The first-order valence-corrected chi connectivity index (χ1v) is 5.15. The molecule has 1 aromatic heterocycles. The molecule has 0 unspecified atom stereocenters. The van der Waals surface area contributed by atoms with E-state index in [2.05, 4.69) is 16.4 Å². The molecule has 0 aromatic carbocycles. The maximum atomic E-state index is 11.5. The SMILES string of the molecule is Cc1cncc(CN2CCNCC2=O)c1. The fraction of sp³-hybridized carbons (Fsp3) is 0.455. The largest absolute Gasteiger partial charge is 0.336 e. The van der Waals surface area contributed by atoms with E-state index in [0.717, 1.165) is 24.2 Å². The highest BCUT2D eigenvalue weighted by molar-refractivity contribution is 5.78. The van der Waals surface area contributed by atoms with Crippen molar-refractivity contribution in [3.05, 3.63) is 29.6 Å². The summed E-state index contributed by atoms with van der Waals surface area (Å²) in [5, 5.41) is 3.05. The molecule has 2 heterocycles. The number of aromatic nitrogens is 1. The van der Waals surface area contributed by atoms with Gasteiger partial charge >= 0.3 is 0 Å². The van der Waals surface area contributed by atoms with E-state index in [9.17, 15) is 4.79 Å². The van der Waals surface area contributed by atoms with E-state index in [0.29, 0.717) is 13.1 Å². The molecular weight excluding hydrogens is 190 g/mol. The maximum Gasteiger partial charge on any atom is 0.236 e. The molecule has 15 heavy (non-hydrogen) atoms. The van der Waals surface area contributed by atoms with Crippen LogP contribution in [0.5, 0.6) is 0 Å². The third-order valence-electron chi connectivity index (χ3n) is 2.49. The summed E-state index contributed by atoms with van der Waals surface area (Å²) in [4.78, 5) is 17.5. The number of hydrogen-bond acceptors (Lipinski definition) is 3. The molecule has 4 heteroatoms. The minimum atomic E-state index is 0.169. The molecule has 1 N–H and O–H groups in total. The first-order chi connectivity index (χ1) is 7.25. The summed E-state index contributed by atoms with van der Waals surface area (Å²) in [6.07, 6.45) is 3.64. The van der Waals surface area contributed by atoms with Crippen LogP contribution in [0, 0.1) is 6.92 Å². The molecule has 1 aromatic rings. The van der Waals surface area contributed by atoms with Crippen molar-refractivity contribution in [1.82, 2.24) is 15.2 Å². The van der Waals surface area contributed by atoms with Crippen LogP contribution < -0.4 is 5.32 Å². The van der Waals surface area contributed by atoms with Crippen LogP contribution in [0.15, 0.2) is 18.5 Å². The molecule has 0 radical (unpaired) electrons. The zero-order chi connectivity index (χ0) is 10.7. The molecule has 1 aliphatic rings. The van der Waals surface area contributed by atoms with E-state index in [1.165, 1.54) is 0 Å². The average Bonchev–Trinajstić information content (AvgIpc) is 2.22. The second kappa shape index (κ2) is 4.40. The van der Waals surface area contributed by atoms with E-state index < -0.39 is 0 Å². The molecule has 4 nitrogen and oxygen atoms in total. The third-order valence-corrected chi connectivity index (χ3v) is 2.49. The van der Waals surface area contributed by atoms with Crippen LogP contribution in [0.25, 0.3) is 0 Å². The van der Waals surface area contributed by atoms with Gasteiger partial charge in [-0.05, 0) is 18.1 Å². The van der Waals surface area contributed by atoms with Crippen molar-refractivity contribution in [1.29, 1.82) is 0 Å². The predicted octanol–water partition coefficient (Wildman–Crippen LogP) is 0.322. The minimum absolute atomic E-state index is 0.169. The Morgan fingerprint density at radius 1 is 1.53 bits per heavy atom. The number of nitrogens with zero attached hydrogens (tertiary/aromatic N) is 2. The molecule has 1 amide bonds. The van der Waals surface area contributed by atoms with Crippen molar-refractivity contribution in [2.24, 2.45) is 0 Å². The molecule has 0 spiro atoms. The van der Waals surface area contributed by atoms with Crippen LogP contribution >= 0.6 is 0 Å². The van der Waals surface area contributed by atoms with Gasteiger partial charge in [0.2, 0.25) is 5.91 Å². The van der Waals surface area contributed by atoms with E-state index in [4.69, 9.17) is 0 Å². The summed E-state index contributed by atoms with van der Waals surface area (Å²) in [6.45, 7) is 4.81. The molecule has 1 aliphatic heterocycles. The van der Waals surface area contributed by atoms with Gasteiger partial charge in [0.1, 0.15) is 0 Å². The van der Waals surface area contributed by atoms with Crippen molar-refractivity contribution in [3.63, 3.8) is 0 Å². The standard InChI is InChI=1S/C11H15N3O/c1-9-4-10(6-13-5-9)8-14-3-2-12-7-11(14)15/h4-6,12H,2-3,7-8H2,1H3. The quantitative estimate of drug-likeness (QED) is 0.756. The van der Waals surface area contributed by atoms with Gasteiger partial charge in [0, 0.05) is 32.0 Å². The van der Waals surface area contributed by atoms with E-state index in [-0.39, 0.29) is 5.91 Å². The Labute approximate surface area is 89.3 Å². The molecular formula is C11H15N3O. The van der Waals surface area contributed by atoms with Crippen molar-refractivity contribution in [2.45, 2.75) is 13.5 Å². The Bertz CT molecular complexity index is 365. The van der Waals surface area contributed by atoms with Gasteiger partial charge in [-0.1, -0.05) is 6.07 Å². The second-order valence-electron chi connectivity index (χ2n) is 3.86. The van der Waals surface area contributed by atoms with Crippen LogP contribution in [-0.4, -0.2) is 35.4 Å². The first-order valence-electron chi connectivity index (χ1n) is 5.15. The number of pyridine rings is 1. The first kappa shape index (κ1) is 10.1. The number of amides is 1. The van der Waals surface area contributed by atoms with Gasteiger partial charge in [0.05, 0.1) is 6.54 Å². The molecule has 80 valence electrons. The van der Waals surface area contributed by atoms with Crippen LogP contribution in [0.2, 0.25) is 0 Å². The molecule has 0 aliphatic carbocycles. The normalized spacial score (nSPS) is 16.9. The number of hydrogen-bond donors (Lipinski definition) is 1. The number of piperazine rings is 1. The van der Waals surface area contributed by atoms with E-state index in [1.54, 1.807) is 0 Å². The smallest absolute Gasteiger partial charge is 0.236 e. The number of rotatable bonds is 2. The Kier molecular flexibility index (Phi) is 2.97. The van der Waals surface area contributed by atoms with Gasteiger partial charge in [0.15, 0.2) is 0 Å². The average molecular weight is 205 g/mol. The summed E-state index contributed by atoms with van der Waals surface area (Å²) in [7, 11) is 0. The molecule has 2 rings (SSSR count). The van der Waals surface area contributed by atoms with Crippen molar-refractivity contribution in [2.75, 3.05) is 19.6 Å². The molecule has 1 saturated heterocycles. The van der Waals surface area contributed by atoms with Crippen LogP contribution in [0.4, 0.5) is 0 Å². The molecule has 0 atom stereocenters. The monoisotopic (exact) mass is 205 g/mol. The Balaban J connectivity index is 2.04. The number of nitrogens with one attached hydrogen (secondary N) is 1. The highest BCUT2D eigenvalue weighted by atomic mass is 16.2. The minimum Gasteiger partial charge on any atom is -0.336 e. The Morgan fingerprint density at radius 2 is 2.40 bits per heavy atom. The van der Waals surface area contributed by atoms with Crippen molar-refractivity contribution < 1.29 is 4.79 Å². The highest BCUT2D eigenvalue weighted by Crippen LogP contribution is 2.06. The summed E-state index contributed by atoms with van der Waals surface area (Å²) in [6, 6.07) is 2.07. The summed E-state index contributed by atoms with van der Waals surface area (Å²) in [5.41, 5.74) is 2.24. The Morgan fingerprint density at radius 3 is 3.13 bits per heavy atom. The van der Waals surface area contributed by atoms with Gasteiger partial charge in [-0.3, -0.25) is 9.78 Å². The molecule has 0 bridgehead atoms. The lowest BCUT2D eigenvalue weighted by Gasteiger charge is -2.27. The zero-order valence-corrected chi connectivity index (χ0v) is 8.86. The Hall–Kier alpha value is -1.42. The summed E-state index contributed by atoms with van der Waals surface area (Å²) >= 11 is 0. The van der Waals surface area contributed by atoms with Crippen LogP contribution in [-0.2, 0) is 11.3 Å². The number of carbonyl (C=O) groups excluding carboxylic acids is 1. The number of carbonyl (C=O) groups is 1. The number of aryl methyl sites for hydroxylation is 1. The molecule has 1 fully saturated rings. The maximum absolute atomic E-state index is 11.5. The lowest BCUT2D eigenvalue weighted by atomic mass is 10.2. The molecule has 0 saturated carbocycles. The van der Waals surface area contributed by atoms with Crippen LogP contribution in [0.3, 0.4) is 0 Å².